The maximum absolute atomic E-state index is 12.2. The first-order chi connectivity index (χ1) is 11.5. The first kappa shape index (κ1) is 16.7. The number of aromatic nitrogens is 4. The van der Waals surface area contributed by atoms with Crippen LogP contribution >= 0.6 is 0 Å². The molecule has 1 fully saturated rings. The number of imidazole rings is 1. The second kappa shape index (κ2) is 6.77. The first-order valence-electron chi connectivity index (χ1n) is 7.59. The van der Waals surface area contributed by atoms with Crippen molar-refractivity contribution in [2.45, 2.75) is 37.9 Å². The predicted molar refractivity (Wildman–Crippen MR) is 81.8 cm³/mol. The van der Waals surface area contributed by atoms with Gasteiger partial charge in [-0.05, 0) is 6.92 Å². The zero-order valence-corrected chi connectivity index (χ0v) is 13.1. The number of hydrogen-bond donors (Lipinski definition) is 3. The molecular weight excluding hydrogens is 318 g/mol. The molecular formula is C14H19N5O5. The van der Waals surface area contributed by atoms with Crippen LogP contribution in [0.3, 0.4) is 0 Å². The average Bonchev–Trinajstić information content (AvgIpc) is 3.11. The van der Waals surface area contributed by atoms with Crippen molar-refractivity contribution in [2.75, 3.05) is 18.9 Å². The summed E-state index contributed by atoms with van der Waals surface area (Å²) in [5, 5.41) is 20.4. The molecule has 1 saturated heterocycles. The van der Waals surface area contributed by atoms with Gasteiger partial charge in [0.2, 0.25) is 0 Å². The molecule has 0 spiro atoms. The Morgan fingerprint density at radius 2 is 2.17 bits per heavy atom. The third kappa shape index (κ3) is 2.84. The van der Waals surface area contributed by atoms with Gasteiger partial charge in [-0.15, -0.1) is 0 Å². The molecule has 3 heterocycles. The summed E-state index contributed by atoms with van der Waals surface area (Å²) in [4.78, 5) is 24.2. The molecule has 4 atom stereocenters. The van der Waals surface area contributed by atoms with Crippen LogP contribution < -0.4 is 5.73 Å². The Morgan fingerprint density at radius 1 is 1.38 bits per heavy atom. The van der Waals surface area contributed by atoms with Crippen LogP contribution in [0.4, 0.5) is 5.82 Å². The van der Waals surface area contributed by atoms with Gasteiger partial charge in [0.25, 0.3) is 0 Å². The van der Waals surface area contributed by atoms with E-state index in [1.807, 2.05) is 6.92 Å². The van der Waals surface area contributed by atoms with Crippen LogP contribution in [-0.4, -0.2) is 67.0 Å². The number of carbonyl (C=O) groups excluding carboxylic acids is 1. The molecule has 10 nitrogen and oxygen atoms in total. The third-order valence-electron chi connectivity index (χ3n) is 3.91. The van der Waals surface area contributed by atoms with Gasteiger partial charge in [0, 0.05) is 13.0 Å². The summed E-state index contributed by atoms with van der Waals surface area (Å²) in [5.41, 5.74) is 6.43. The summed E-state index contributed by atoms with van der Waals surface area (Å²) < 4.78 is 12.1. The van der Waals surface area contributed by atoms with Crippen molar-refractivity contribution in [3.8, 4) is 0 Å². The maximum atomic E-state index is 12.2. The van der Waals surface area contributed by atoms with E-state index in [1.165, 1.54) is 17.2 Å². The topological polar surface area (TPSA) is 146 Å². The molecule has 10 heteroatoms. The molecule has 24 heavy (non-hydrogen) atoms. The summed E-state index contributed by atoms with van der Waals surface area (Å²) in [5.74, 6) is -0.146. The van der Waals surface area contributed by atoms with Crippen LogP contribution in [0.15, 0.2) is 12.7 Å². The van der Waals surface area contributed by atoms with Gasteiger partial charge in [0.15, 0.2) is 23.5 Å². The minimum Gasteiger partial charge on any atom is -0.387 e. The van der Waals surface area contributed by atoms with Crippen LogP contribution in [0, 0.1) is 0 Å². The van der Waals surface area contributed by atoms with Gasteiger partial charge in [-0.2, -0.15) is 0 Å². The van der Waals surface area contributed by atoms with Crippen molar-refractivity contribution in [1.29, 1.82) is 0 Å². The van der Waals surface area contributed by atoms with Gasteiger partial charge in [0.05, 0.1) is 12.9 Å². The van der Waals surface area contributed by atoms with Gasteiger partial charge < -0.3 is 25.4 Å². The SMILES string of the molecule is CCOCCC(=O)[C@H]1O[C@@H](n2cnc3c(N)ncnc32)[C@H](O)[C@@H]1O. The molecule has 3 rings (SSSR count). The zero-order valence-electron chi connectivity index (χ0n) is 13.1. The fraction of sp³-hybridized carbons (Fsp3) is 0.571. The quantitative estimate of drug-likeness (QED) is 0.566. The molecule has 2 aromatic heterocycles. The monoisotopic (exact) mass is 337 g/mol. The molecule has 130 valence electrons. The Labute approximate surface area is 137 Å². The molecule has 0 bridgehead atoms. The van der Waals surface area contributed by atoms with Crippen LogP contribution in [0.5, 0.6) is 0 Å². The van der Waals surface area contributed by atoms with Gasteiger partial charge in [0.1, 0.15) is 30.2 Å². The maximum Gasteiger partial charge on any atom is 0.167 e. The minimum atomic E-state index is -1.35. The number of rotatable bonds is 6. The van der Waals surface area contributed by atoms with Gasteiger partial charge in [-0.3, -0.25) is 9.36 Å². The van der Waals surface area contributed by atoms with Crippen molar-refractivity contribution < 1.29 is 24.5 Å². The Morgan fingerprint density at radius 3 is 2.92 bits per heavy atom. The highest BCUT2D eigenvalue weighted by molar-refractivity contribution is 5.84. The van der Waals surface area contributed by atoms with Crippen molar-refractivity contribution >= 4 is 22.8 Å². The summed E-state index contributed by atoms with van der Waals surface area (Å²) in [6.45, 7) is 2.55. The lowest BCUT2D eigenvalue weighted by atomic mass is 10.1. The lowest BCUT2D eigenvalue weighted by molar-refractivity contribution is -0.136. The molecule has 0 radical (unpaired) electrons. The van der Waals surface area contributed by atoms with E-state index >= 15 is 0 Å². The van der Waals surface area contributed by atoms with E-state index in [2.05, 4.69) is 15.0 Å². The summed E-state index contributed by atoms with van der Waals surface area (Å²) >= 11 is 0. The number of fused-ring (bicyclic) bond motifs is 1. The van der Waals surface area contributed by atoms with Crippen LogP contribution in [0.1, 0.15) is 19.6 Å². The van der Waals surface area contributed by atoms with E-state index in [1.54, 1.807) is 0 Å². The zero-order chi connectivity index (χ0) is 17.3. The Kier molecular flexibility index (Phi) is 4.71. The normalized spacial score (nSPS) is 27.0. The van der Waals surface area contributed by atoms with Gasteiger partial charge in [-0.25, -0.2) is 15.0 Å². The standard InChI is InChI=1S/C14H19N5O5/c1-2-23-4-3-7(20)11-9(21)10(22)14(24-11)19-6-18-8-12(15)16-5-17-13(8)19/h5-6,9-11,14,21-22H,2-4H2,1H3,(H2,15,16,17)/t9-,10+,11+,14+/m0/s1. The van der Waals surface area contributed by atoms with E-state index in [-0.39, 0.29) is 24.6 Å². The lowest BCUT2D eigenvalue weighted by Crippen LogP contribution is -2.36. The van der Waals surface area contributed by atoms with Crippen molar-refractivity contribution in [1.82, 2.24) is 19.5 Å². The highest BCUT2D eigenvalue weighted by atomic mass is 16.6. The number of nitrogens with zero attached hydrogens (tertiary/aromatic N) is 4. The number of ether oxygens (including phenoxy) is 2. The van der Waals surface area contributed by atoms with Crippen LogP contribution in [-0.2, 0) is 14.3 Å². The average molecular weight is 337 g/mol. The number of nitrogens with two attached hydrogens (primary N) is 1. The van der Waals surface area contributed by atoms with E-state index in [0.29, 0.717) is 17.8 Å². The van der Waals surface area contributed by atoms with Crippen molar-refractivity contribution in [2.24, 2.45) is 0 Å². The fourth-order valence-corrected chi connectivity index (χ4v) is 2.67. The Hall–Kier alpha value is -2.14. The van der Waals surface area contributed by atoms with Crippen LogP contribution in [0.25, 0.3) is 11.2 Å². The molecule has 0 aromatic carbocycles. The summed E-state index contributed by atoms with van der Waals surface area (Å²) in [6.07, 6.45) is -2.06. The highest BCUT2D eigenvalue weighted by Crippen LogP contribution is 2.32. The second-order valence-electron chi connectivity index (χ2n) is 5.42. The second-order valence-corrected chi connectivity index (χ2v) is 5.42. The molecule has 2 aromatic rings. The smallest absolute Gasteiger partial charge is 0.167 e. The lowest BCUT2D eigenvalue weighted by Gasteiger charge is -2.16. The molecule has 0 unspecified atom stereocenters. The highest BCUT2D eigenvalue weighted by Gasteiger charge is 2.47. The number of aliphatic hydroxyl groups is 2. The molecule has 4 N–H and O–H groups in total. The number of Topliss-reactive ketones (excluding diaryl/α,β-unsaturated/α-hetero) is 1. The molecule has 0 amide bonds. The Balaban J connectivity index is 1.81. The van der Waals surface area contributed by atoms with Gasteiger partial charge >= 0.3 is 0 Å². The summed E-state index contributed by atoms with van der Waals surface area (Å²) in [7, 11) is 0. The predicted octanol–water partition coefficient (Wildman–Crippen LogP) is -0.977. The fourth-order valence-electron chi connectivity index (χ4n) is 2.67. The molecule has 0 aliphatic carbocycles. The number of aliphatic hydroxyl groups excluding tert-OH is 2. The van der Waals surface area contributed by atoms with Crippen molar-refractivity contribution in [3.63, 3.8) is 0 Å². The number of anilines is 1. The van der Waals surface area contributed by atoms with Crippen molar-refractivity contribution in [3.05, 3.63) is 12.7 Å². The van der Waals surface area contributed by atoms with E-state index in [9.17, 15) is 15.0 Å². The van der Waals surface area contributed by atoms with E-state index in [4.69, 9.17) is 15.2 Å². The number of carbonyl (C=O) groups is 1. The molecule has 0 saturated carbocycles. The summed E-state index contributed by atoms with van der Waals surface area (Å²) in [6, 6.07) is 0. The number of ketones is 1. The third-order valence-corrected chi connectivity index (χ3v) is 3.91. The van der Waals surface area contributed by atoms with E-state index in [0.717, 1.165) is 0 Å². The number of hydrogen-bond acceptors (Lipinski definition) is 9. The van der Waals surface area contributed by atoms with E-state index < -0.39 is 24.5 Å². The largest absolute Gasteiger partial charge is 0.387 e. The molecule has 1 aliphatic heterocycles. The number of nitrogen functional groups attached to an aromatic ring is 1. The minimum absolute atomic E-state index is 0.0921. The van der Waals surface area contributed by atoms with Gasteiger partial charge in [-0.1, -0.05) is 0 Å². The Bertz CT molecular complexity index is 735. The van der Waals surface area contributed by atoms with Crippen LogP contribution in [0.2, 0.25) is 0 Å². The molecule has 1 aliphatic rings. The first-order valence-corrected chi connectivity index (χ1v) is 7.59.